The molecule has 3 N–H and O–H groups in total. The van der Waals surface area contributed by atoms with Crippen LogP contribution in [0.4, 0.5) is 0 Å². The number of aliphatic hydroxyl groups is 1. The summed E-state index contributed by atoms with van der Waals surface area (Å²) in [4.78, 5) is 25.4. The van der Waals surface area contributed by atoms with Crippen LogP contribution in [0.25, 0.3) is 0 Å². The van der Waals surface area contributed by atoms with Crippen molar-refractivity contribution in [3.8, 4) is 5.75 Å². The van der Waals surface area contributed by atoms with Gasteiger partial charge in [0, 0.05) is 11.1 Å². The van der Waals surface area contributed by atoms with Crippen LogP contribution in [-0.4, -0.2) is 34.2 Å². The molecule has 0 radical (unpaired) electrons. The van der Waals surface area contributed by atoms with E-state index in [4.69, 9.17) is 4.74 Å². The van der Waals surface area contributed by atoms with E-state index in [0.29, 0.717) is 5.56 Å². The van der Waals surface area contributed by atoms with Gasteiger partial charge < -0.3 is 20.3 Å². The zero-order chi connectivity index (χ0) is 22.2. The van der Waals surface area contributed by atoms with Gasteiger partial charge in [0.15, 0.2) is 6.10 Å². The summed E-state index contributed by atoms with van der Waals surface area (Å²) in [5, 5.41) is 23.3. The first-order chi connectivity index (χ1) is 15.0. The maximum atomic E-state index is 12.8. The molecule has 2 unspecified atom stereocenters. The molecule has 160 valence electrons. The van der Waals surface area contributed by atoms with E-state index in [-0.39, 0.29) is 24.3 Å². The molecule has 0 aliphatic rings. The lowest BCUT2D eigenvalue weighted by Gasteiger charge is -2.24. The molecule has 1 amide bonds. The van der Waals surface area contributed by atoms with Gasteiger partial charge in [0.2, 0.25) is 0 Å². The maximum absolute atomic E-state index is 12.8. The average Bonchev–Trinajstić information content (AvgIpc) is 2.79. The summed E-state index contributed by atoms with van der Waals surface area (Å²) in [7, 11) is 0. The molecule has 6 nitrogen and oxygen atoms in total. The normalized spacial score (nSPS) is 12.6. The number of nitrogens with one attached hydrogen (secondary N) is 1. The fourth-order valence-electron chi connectivity index (χ4n) is 3.20. The van der Waals surface area contributed by atoms with Crippen molar-refractivity contribution in [2.45, 2.75) is 32.1 Å². The number of amides is 1. The molecule has 0 aliphatic heterocycles. The number of ether oxygens (including phenoxy) is 1. The van der Waals surface area contributed by atoms with Crippen LogP contribution in [0.2, 0.25) is 0 Å². The quantitative estimate of drug-likeness (QED) is 0.488. The first kappa shape index (κ1) is 22.1. The van der Waals surface area contributed by atoms with Crippen LogP contribution in [-0.2, 0) is 22.6 Å². The summed E-state index contributed by atoms with van der Waals surface area (Å²) in [5.41, 5.74) is 2.32. The van der Waals surface area contributed by atoms with E-state index < -0.39 is 24.0 Å². The van der Waals surface area contributed by atoms with Crippen LogP contribution in [0.1, 0.15) is 27.0 Å². The number of aliphatic hydroxyl groups excluding tert-OH is 1. The summed E-state index contributed by atoms with van der Waals surface area (Å²) >= 11 is 0. The Kier molecular flexibility index (Phi) is 7.40. The Morgan fingerprint density at radius 2 is 1.52 bits per heavy atom. The van der Waals surface area contributed by atoms with E-state index >= 15 is 0 Å². The van der Waals surface area contributed by atoms with Gasteiger partial charge in [-0.3, -0.25) is 4.79 Å². The van der Waals surface area contributed by atoms with Gasteiger partial charge in [-0.2, -0.15) is 0 Å². The molecule has 6 heteroatoms. The monoisotopic (exact) mass is 419 g/mol. The fraction of sp³-hybridized carbons (Fsp3) is 0.200. The van der Waals surface area contributed by atoms with E-state index in [2.05, 4.69) is 5.32 Å². The molecular weight excluding hydrogens is 394 g/mol. The number of hydrogen-bond acceptors (Lipinski definition) is 5. The van der Waals surface area contributed by atoms with E-state index in [1.807, 2.05) is 60.7 Å². The lowest BCUT2D eigenvalue weighted by Crippen LogP contribution is -2.49. The Morgan fingerprint density at radius 1 is 0.903 bits per heavy atom. The van der Waals surface area contributed by atoms with Crippen molar-refractivity contribution in [3.63, 3.8) is 0 Å². The van der Waals surface area contributed by atoms with Gasteiger partial charge >= 0.3 is 5.97 Å². The number of hydrogen-bond donors (Lipinski definition) is 3. The zero-order valence-electron chi connectivity index (χ0n) is 17.2. The van der Waals surface area contributed by atoms with E-state index in [1.165, 1.54) is 6.07 Å². The molecule has 0 saturated heterocycles. The average molecular weight is 419 g/mol. The van der Waals surface area contributed by atoms with E-state index in [0.717, 1.165) is 11.1 Å². The topological polar surface area (TPSA) is 95.9 Å². The third-order valence-corrected chi connectivity index (χ3v) is 5.01. The van der Waals surface area contributed by atoms with Crippen molar-refractivity contribution in [2.75, 3.05) is 0 Å². The first-order valence-corrected chi connectivity index (χ1v) is 9.97. The zero-order valence-corrected chi connectivity index (χ0v) is 17.2. The lowest BCUT2D eigenvalue weighted by atomic mass is 10.00. The van der Waals surface area contributed by atoms with Gasteiger partial charge in [-0.15, -0.1) is 0 Å². The minimum absolute atomic E-state index is 0.00456. The second kappa shape index (κ2) is 10.4. The van der Waals surface area contributed by atoms with Crippen LogP contribution < -0.4 is 5.32 Å². The Balaban J connectivity index is 1.75. The van der Waals surface area contributed by atoms with Gasteiger partial charge in [-0.1, -0.05) is 66.7 Å². The molecular formula is C25H25NO5. The summed E-state index contributed by atoms with van der Waals surface area (Å²) < 4.78 is 5.26. The highest BCUT2D eigenvalue weighted by Crippen LogP contribution is 2.20. The number of phenols is 1. The van der Waals surface area contributed by atoms with Gasteiger partial charge in [-0.25, -0.2) is 4.79 Å². The molecule has 0 heterocycles. The molecule has 3 aromatic rings. The van der Waals surface area contributed by atoms with Crippen molar-refractivity contribution in [1.82, 2.24) is 5.32 Å². The first-order valence-electron chi connectivity index (χ1n) is 9.97. The number of carbonyl (C=O) groups is 2. The number of aromatic hydroxyl groups is 1. The smallest absolute Gasteiger partial charge is 0.337 e. The number of esters is 1. The molecule has 0 saturated carbocycles. The van der Waals surface area contributed by atoms with Crippen LogP contribution in [0.5, 0.6) is 5.75 Å². The highest BCUT2D eigenvalue weighted by Gasteiger charge is 2.30. The van der Waals surface area contributed by atoms with E-state index in [9.17, 15) is 19.8 Å². The predicted octanol–water partition coefficient (Wildman–Crippen LogP) is 3.15. The number of rotatable bonds is 8. The maximum Gasteiger partial charge on any atom is 0.337 e. The molecule has 31 heavy (non-hydrogen) atoms. The molecule has 0 aromatic heterocycles. The summed E-state index contributed by atoms with van der Waals surface area (Å²) in [6.07, 6.45) is -1.34. The Morgan fingerprint density at radius 3 is 2.16 bits per heavy atom. The van der Waals surface area contributed by atoms with Gasteiger partial charge in [0.05, 0.1) is 6.04 Å². The van der Waals surface area contributed by atoms with Crippen molar-refractivity contribution >= 4 is 11.9 Å². The summed E-state index contributed by atoms with van der Waals surface area (Å²) in [6.45, 7) is 1.65. The van der Waals surface area contributed by atoms with Crippen molar-refractivity contribution in [2.24, 2.45) is 0 Å². The third kappa shape index (κ3) is 5.93. The van der Waals surface area contributed by atoms with Gasteiger partial charge in [0.25, 0.3) is 5.91 Å². The van der Waals surface area contributed by atoms with Gasteiger partial charge in [-0.05, 0) is 36.6 Å². The minimum atomic E-state index is -1.56. The molecule has 0 spiro atoms. The van der Waals surface area contributed by atoms with Crippen LogP contribution in [0.15, 0.2) is 78.9 Å². The van der Waals surface area contributed by atoms with Crippen molar-refractivity contribution < 1.29 is 24.5 Å². The highest BCUT2D eigenvalue weighted by molar-refractivity contribution is 5.96. The highest BCUT2D eigenvalue weighted by atomic mass is 16.5. The summed E-state index contributed by atoms with van der Waals surface area (Å²) in [6, 6.07) is 22.1. The number of benzene rings is 3. The second-order valence-electron chi connectivity index (χ2n) is 7.26. The predicted molar refractivity (Wildman–Crippen MR) is 116 cm³/mol. The minimum Gasteiger partial charge on any atom is -0.508 e. The van der Waals surface area contributed by atoms with Crippen LogP contribution in [0.3, 0.4) is 0 Å². The van der Waals surface area contributed by atoms with Crippen LogP contribution >= 0.6 is 0 Å². The standard InChI is InChI=1S/C25H25NO5/c1-17-20(13-8-14-22(17)27)24(29)26-21(15-18-9-4-2-5-10-18)23(28)25(30)31-16-19-11-6-3-7-12-19/h2-14,21,23,27-28H,15-16H2,1H3,(H,26,29). The Hall–Kier alpha value is -3.64. The molecule has 3 rings (SSSR count). The van der Waals surface area contributed by atoms with Crippen LogP contribution in [0, 0.1) is 6.92 Å². The number of phenolic OH excluding ortho intramolecular Hbond substituents is 1. The molecule has 0 aliphatic carbocycles. The number of carbonyl (C=O) groups excluding carboxylic acids is 2. The van der Waals surface area contributed by atoms with E-state index in [1.54, 1.807) is 19.1 Å². The molecule has 2 atom stereocenters. The van der Waals surface area contributed by atoms with Gasteiger partial charge in [0.1, 0.15) is 12.4 Å². The largest absolute Gasteiger partial charge is 0.508 e. The Labute approximate surface area is 181 Å². The second-order valence-corrected chi connectivity index (χ2v) is 7.26. The summed E-state index contributed by atoms with van der Waals surface area (Å²) in [5.74, 6) is -1.32. The SMILES string of the molecule is Cc1c(O)cccc1C(=O)NC(Cc1ccccc1)C(O)C(=O)OCc1ccccc1. The molecule has 0 fully saturated rings. The molecule has 0 bridgehead atoms. The lowest BCUT2D eigenvalue weighted by molar-refractivity contribution is -0.156. The van der Waals surface area contributed by atoms with Crippen molar-refractivity contribution in [1.29, 1.82) is 0 Å². The molecule has 3 aromatic carbocycles. The van der Waals surface area contributed by atoms with Crippen molar-refractivity contribution in [3.05, 3.63) is 101 Å². The fourth-order valence-corrected chi connectivity index (χ4v) is 3.20. The Bertz CT molecular complexity index is 1020. The third-order valence-electron chi connectivity index (χ3n) is 5.01.